The predicted octanol–water partition coefficient (Wildman–Crippen LogP) is 2.69. The number of rotatable bonds is 0. The number of amides is 1. The number of nitrogens with zero attached hydrogens (tertiary/aromatic N) is 1. The number of carbonyl (C=O) groups is 1. The van der Waals surface area contributed by atoms with E-state index in [2.05, 4.69) is 6.92 Å². The zero-order valence-electron chi connectivity index (χ0n) is 17.3. The summed E-state index contributed by atoms with van der Waals surface area (Å²) in [6, 6.07) is 0. The predicted molar refractivity (Wildman–Crippen MR) is 102 cm³/mol. The van der Waals surface area contributed by atoms with Crippen molar-refractivity contribution in [2.75, 3.05) is 13.1 Å². The van der Waals surface area contributed by atoms with Crippen LogP contribution in [0.2, 0.25) is 0 Å². The number of aliphatic hydroxyl groups excluding tert-OH is 2. The van der Waals surface area contributed by atoms with E-state index in [-0.39, 0.29) is 12.0 Å². The van der Waals surface area contributed by atoms with Crippen LogP contribution in [0, 0.1) is 17.3 Å². The molecule has 0 radical (unpaired) electrons. The van der Waals surface area contributed by atoms with Crippen LogP contribution in [0.15, 0.2) is 0 Å². The van der Waals surface area contributed by atoms with Crippen molar-refractivity contribution < 1.29 is 24.9 Å². The van der Waals surface area contributed by atoms with E-state index in [1.54, 1.807) is 4.90 Å². The molecule has 0 aromatic rings. The molecule has 156 valence electrons. The highest BCUT2D eigenvalue weighted by Crippen LogP contribution is 2.62. The van der Waals surface area contributed by atoms with Gasteiger partial charge in [0.15, 0.2) is 0 Å². The van der Waals surface area contributed by atoms with Gasteiger partial charge >= 0.3 is 6.09 Å². The van der Waals surface area contributed by atoms with Crippen LogP contribution in [0.4, 0.5) is 4.79 Å². The van der Waals surface area contributed by atoms with E-state index in [0.29, 0.717) is 57.5 Å². The summed E-state index contributed by atoms with van der Waals surface area (Å²) in [6.45, 7) is 8.75. The van der Waals surface area contributed by atoms with Crippen LogP contribution in [0.5, 0.6) is 0 Å². The maximum absolute atomic E-state index is 12.5. The van der Waals surface area contributed by atoms with Crippen LogP contribution in [0.1, 0.15) is 72.6 Å². The van der Waals surface area contributed by atoms with E-state index in [1.165, 1.54) is 0 Å². The van der Waals surface area contributed by atoms with Crippen molar-refractivity contribution in [3.8, 4) is 0 Å². The molecular weight excluding hydrogens is 346 g/mol. The van der Waals surface area contributed by atoms with Gasteiger partial charge in [0.2, 0.25) is 0 Å². The summed E-state index contributed by atoms with van der Waals surface area (Å²) in [5.41, 5.74) is -2.48. The van der Waals surface area contributed by atoms with Gasteiger partial charge in [-0.3, -0.25) is 0 Å². The number of carbonyl (C=O) groups excluding carboxylic acids is 1. The molecule has 3 rings (SSSR count). The summed E-state index contributed by atoms with van der Waals surface area (Å²) < 4.78 is 5.52. The first-order valence-electron chi connectivity index (χ1n) is 10.6. The molecule has 1 saturated heterocycles. The topological polar surface area (TPSA) is 90.2 Å². The minimum atomic E-state index is -1.28. The Morgan fingerprint density at radius 2 is 1.67 bits per heavy atom. The highest BCUT2D eigenvalue weighted by molar-refractivity contribution is 5.68. The highest BCUT2D eigenvalue weighted by Gasteiger charge is 2.67. The van der Waals surface area contributed by atoms with Crippen molar-refractivity contribution in [3.63, 3.8) is 0 Å². The number of hydrogen-bond acceptors (Lipinski definition) is 5. The quantitative estimate of drug-likeness (QED) is 0.598. The molecule has 3 fully saturated rings. The van der Waals surface area contributed by atoms with Gasteiger partial charge in [0.25, 0.3) is 0 Å². The molecule has 1 aliphatic heterocycles. The molecule has 6 nitrogen and oxygen atoms in total. The third-order valence-corrected chi connectivity index (χ3v) is 7.16. The van der Waals surface area contributed by atoms with Gasteiger partial charge in [-0.25, -0.2) is 4.79 Å². The Kier molecular flexibility index (Phi) is 5.56. The average molecular weight is 384 g/mol. The number of aliphatic hydroxyl groups is 3. The summed E-state index contributed by atoms with van der Waals surface area (Å²) in [7, 11) is 0. The first-order chi connectivity index (χ1) is 12.5. The van der Waals surface area contributed by atoms with Crippen molar-refractivity contribution >= 4 is 6.09 Å². The molecule has 27 heavy (non-hydrogen) atoms. The number of hydrogen-bond donors (Lipinski definition) is 3. The normalized spacial score (nSPS) is 43.1. The minimum absolute atomic E-state index is 0.129. The largest absolute Gasteiger partial charge is 0.444 e. The first-order valence-corrected chi connectivity index (χ1v) is 10.6. The zero-order chi connectivity index (χ0) is 20.0. The lowest BCUT2D eigenvalue weighted by molar-refractivity contribution is -0.197. The van der Waals surface area contributed by atoms with Gasteiger partial charge in [-0.1, -0.05) is 6.92 Å². The molecule has 6 heteroatoms. The molecule has 0 aromatic carbocycles. The summed E-state index contributed by atoms with van der Waals surface area (Å²) in [5.74, 6) is 0.528. The molecule has 1 heterocycles. The molecule has 3 aliphatic rings. The molecule has 4 unspecified atom stereocenters. The Hall–Kier alpha value is -0.850. The van der Waals surface area contributed by atoms with E-state index in [9.17, 15) is 20.1 Å². The summed E-state index contributed by atoms with van der Waals surface area (Å²) in [5, 5.41) is 33.5. The van der Waals surface area contributed by atoms with Gasteiger partial charge in [0, 0.05) is 18.5 Å². The van der Waals surface area contributed by atoms with Crippen LogP contribution in [0.3, 0.4) is 0 Å². The second-order valence-corrected chi connectivity index (χ2v) is 10.2. The lowest BCUT2D eigenvalue weighted by atomic mass is 9.55. The molecule has 6 atom stereocenters. The Bertz CT molecular complexity index is 561. The Morgan fingerprint density at radius 3 is 2.30 bits per heavy atom. The fraction of sp³-hybridized carbons (Fsp3) is 0.952. The summed E-state index contributed by atoms with van der Waals surface area (Å²) in [6.07, 6.45) is 2.72. The maximum Gasteiger partial charge on any atom is 0.410 e. The van der Waals surface area contributed by atoms with Crippen molar-refractivity contribution in [3.05, 3.63) is 0 Å². The smallest absolute Gasteiger partial charge is 0.410 e. The van der Waals surface area contributed by atoms with Gasteiger partial charge in [0.05, 0.1) is 17.8 Å². The van der Waals surface area contributed by atoms with E-state index in [0.717, 1.165) is 6.42 Å². The van der Waals surface area contributed by atoms with E-state index in [4.69, 9.17) is 4.74 Å². The monoisotopic (exact) mass is 383 g/mol. The third kappa shape index (κ3) is 3.60. The molecular formula is C21H37NO5. The van der Waals surface area contributed by atoms with Crippen LogP contribution in [-0.2, 0) is 4.74 Å². The molecule has 3 N–H and O–H groups in total. The van der Waals surface area contributed by atoms with Crippen LogP contribution < -0.4 is 0 Å². The lowest BCUT2D eigenvalue weighted by Gasteiger charge is -2.53. The number of ether oxygens (including phenoxy) is 1. The van der Waals surface area contributed by atoms with Crippen LogP contribution >= 0.6 is 0 Å². The van der Waals surface area contributed by atoms with Crippen molar-refractivity contribution in [2.24, 2.45) is 17.3 Å². The van der Waals surface area contributed by atoms with E-state index < -0.39 is 28.8 Å². The molecule has 1 spiro atoms. The maximum atomic E-state index is 12.5. The van der Waals surface area contributed by atoms with Gasteiger partial charge in [-0.2, -0.15) is 0 Å². The Balaban J connectivity index is 1.82. The second kappa shape index (κ2) is 7.20. The van der Waals surface area contributed by atoms with Gasteiger partial charge in [0.1, 0.15) is 5.60 Å². The second-order valence-electron chi connectivity index (χ2n) is 10.2. The molecule has 0 aromatic heterocycles. The standard InChI is InChI=1S/C21H37NO5/c1-14-11-15-13-17(24)21(26)8-6-10-22(18(25)27-19(2,3)4)9-5-7-20(15,21)16(23)12-14/h14-17,23-24,26H,5-13H2,1-4H3/t14?,15?,16?,17-,20?,21-/m0/s1. The average Bonchev–Trinajstić information content (AvgIpc) is 2.77. The van der Waals surface area contributed by atoms with E-state index in [1.807, 2.05) is 20.8 Å². The molecule has 0 bridgehead atoms. The van der Waals surface area contributed by atoms with Crippen molar-refractivity contribution in [2.45, 2.75) is 96.1 Å². The van der Waals surface area contributed by atoms with Gasteiger partial charge < -0.3 is 25.0 Å². The van der Waals surface area contributed by atoms with Crippen LogP contribution in [0.25, 0.3) is 0 Å². The summed E-state index contributed by atoms with van der Waals surface area (Å²) >= 11 is 0. The van der Waals surface area contributed by atoms with Crippen molar-refractivity contribution in [1.82, 2.24) is 4.90 Å². The first kappa shape index (κ1) is 20.9. The van der Waals surface area contributed by atoms with E-state index >= 15 is 0 Å². The third-order valence-electron chi connectivity index (χ3n) is 7.16. The molecule has 2 aliphatic carbocycles. The molecule has 2 saturated carbocycles. The van der Waals surface area contributed by atoms with Crippen LogP contribution in [-0.4, -0.2) is 62.8 Å². The fourth-order valence-corrected chi connectivity index (χ4v) is 6.09. The van der Waals surface area contributed by atoms with Gasteiger partial charge in [-0.15, -0.1) is 0 Å². The van der Waals surface area contributed by atoms with Gasteiger partial charge in [-0.05, 0) is 77.6 Å². The fourth-order valence-electron chi connectivity index (χ4n) is 6.09. The Morgan fingerprint density at radius 1 is 1.04 bits per heavy atom. The lowest BCUT2D eigenvalue weighted by Crippen LogP contribution is -2.60. The zero-order valence-corrected chi connectivity index (χ0v) is 17.3. The van der Waals surface area contributed by atoms with Crippen molar-refractivity contribution in [1.29, 1.82) is 0 Å². The highest BCUT2D eigenvalue weighted by atomic mass is 16.6. The Labute approximate surface area is 162 Å². The SMILES string of the molecule is CC1CC(O)C23CCCN(C(=O)OC(C)(C)C)CCC[C@]2(O)[C@@H](O)CC3C1. The minimum Gasteiger partial charge on any atom is -0.444 e. The molecule has 1 amide bonds. The summed E-state index contributed by atoms with van der Waals surface area (Å²) in [4.78, 5) is 14.2.